The van der Waals surface area contributed by atoms with Crippen molar-refractivity contribution in [1.29, 1.82) is 0 Å². The second-order valence-corrected chi connectivity index (χ2v) is 4.81. The van der Waals surface area contributed by atoms with Gasteiger partial charge in [0.1, 0.15) is 11.6 Å². The van der Waals surface area contributed by atoms with E-state index in [1.54, 1.807) is 13.2 Å². The van der Waals surface area contributed by atoms with Crippen LogP contribution in [0.4, 0.5) is 4.39 Å². The van der Waals surface area contributed by atoms with E-state index >= 15 is 0 Å². The van der Waals surface area contributed by atoms with Crippen LogP contribution < -0.4 is 10.1 Å². The maximum atomic E-state index is 13.6. The molecule has 0 saturated carbocycles. The van der Waals surface area contributed by atoms with Gasteiger partial charge in [-0.25, -0.2) is 4.39 Å². The third-order valence-electron chi connectivity index (χ3n) is 3.95. The van der Waals surface area contributed by atoms with Crippen LogP contribution in [0.3, 0.4) is 0 Å². The highest BCUT2D eigenvalue weighted by Crippen LogP contribution is 2.39. The van der Waals surface area contributed by atoms with E-state index in [-0.39, 0.29) is 17.5 Å². The third-order valence-corrected chi connectivity index (χ3v) is 3.95. The Balaban J connectivity index is 3.32. The molecule has 1 atom stereocenters. The second-order valence-electron chi connectivity index (χ2n) is 4.81. The van der Waals surface area contributed by atoms with Gasteiger partial charge in [-0.2, -0.15) is 0 Å². The number of rotatable bonds is 8. The maximum Gasteiger partial charge on any atom is 0.123 e. The first kappa shape index (κ1) is 16.9. The van der Waals surface area contributed by atoms with E-state index in [0.29, 0.717) is 12.4 Å². The summed E-state index contributed by atoms with van der Waals surface area (Å²) in [6, 6.07) is 4.48. The molecule has 0 aliphatic heterocycles. The van der Waals surface area contributed by atoms with E-state index in [2.05, 4.69) is 19.2 Å². The van der Waals surface area contributed by atoms with Gasteiger partial charge in [0.15, 0.2) is 0 Å². The van der Waals surface area contributed by atoms with Crippen LogP contribution in [-0.2, 0) is 4.74 Å². The molecule has 3 nitrogen and oxygen atoms in total. The number of ether oxygens (including phenoxy) is 2. The Hall–Kier alpha value is -1.13. The van der Waals surface area contributed by atoms with Gasteiger partial charge in [0.2, 0.25) is 0 Å². The Morgan fingerprint density at radius 2 is 1.90 bits per heavy atom. The van der Waals surface area contributed by atoms with Crippen LogP contribution >= 0.6 is 0 Å². The molecule has 0 aliphatic rings. The number of hydrogen-bond acceptors (Lipinski definition) is 3. The van der Waals surface area contributed by atoms with Gasteiger partial charge in [-0.15, -0.1) is 0 Å². The SMILES string of the molecule is CCOC(CC)(CC)C(NC)c1cc(F)ccc1OC. The zero-order valence-electron chi connectivity index (χ0n) is 13.1. The van der Waals surface area contributed by atoms with E-state index in [4.69, 9.17) is 9.47 Å². The molecule has 0 heterocycles. The third kappa shape index (κ3) is 3.30. The first-order valence-electron chi connectivity index (χ1n) is 7.23. The zero-order chi connectivity index (χ0) is 15.2. The van der Waals surface area contributed by atoms with Gasteiger partial charge in [-0.1, -0.05) is 13.8 Å². The molecular weight excluding hydrogens is 257 g/mol. The van der Waals surface area contributed by atoms with Gasteiger partial charge in [0.25, 0.3) is 0 Å². The lowest BCUT2D eigenvalue weighted by Gasteiger charge is -2.40. The van der Waals surface area contributed by atoms with Gasteiger partial charge in [-0.05, 0) is 45.0 Å². The summed E-state index contributed by atoms with van der Waals surface area (Å²) in [6.45, 7) is 6.79. The van der Waals surface area contributed by atoms with Crippen LogP contribution in [0.2, 0.25) is 0 Å². The van der Waals surface area contributed by atoms with Crippen molar-refractivity contribution in [2.45, 2.75) is 45.3 Å². The summed E-state index contributed by atoms with van der Waals surface area (Å²) in [5.74, 6) is 0.412. The van der Waals surface area contributed by atoms with Crippen molar-refractivity contribution in [2.75, 3.05) is 20.8 Å². The standard InChI is InChI=1S/C16H26FNO2/c1-6-16(7-2,20-8-3)15(18-4)13-11-12(17)9-10-14(13)19-5/h9-11,15,18H,6-8H2,1-5H3. The summed E-state index contributed by atoms with van der Waals surface area (Å²) >= 11 is 0. The number of methoxy groups -OCH3 is 1. The highest BCUT2D eigenvalue weighted by atomic mass is 19.1. The molecular formula is C16H26FNO2. The predicted octanol–water partition coefficient (Wildman–Crippen LogP) is 3.69. The molecule has 1 unspecified atom stereocenters. The van der Waals surface area contributed by atoms with Crippen LogP contribution in [0.1, 0.15) is 45.2 Å². The molecule has 1 N–H and O–H groups in total. The zero-order valence-corrected chi connectivity index (χ0v) is 13.1. The summed E-state index contributed by atoms with van der Waals surface area (Å²) in [5.41, 5.74) is 0.428. The van der Waals surface area contributed by atoms with Crippen molar-refractivity contribution in [3.8, 4) is 5.75 Å². The minimum atomic E-state index is -0.370. The topological polar surface area (TPSA) is 30.5 Å². The fourth-order valence-electron chi connectivity index (χ4n) is 2.87. The minimum Gasteiger partial charge on any atom is -0.496 e. The quantitative estimate of drug-likeness (QED) is 0.789. The van der Waals surface area contributed by atoms with Gasteiger partial charge in [0, 0.05) is 12.2 Å². The summed E-state index contributed by atoms with van der Waals surface area (Å²) in [7, 11) is 3.47. The highest BCUT2D eigenvalue weighted by Gasteiger charge is 2.38. The van der Waals surface area contributed by atoms with Gasteiger partial charge in [0.05, 0.1) is 18.8 Å². The minimum absolute atomic E-state index is 0.122. The molecule has 0 aliphatic carbocycles. The van der Waals surface area contributed by atoms with Crippen molar-refractivity contribution in [3.63, 3.8) is 0 Å². The largest absolute Gasteiger partial charge is 0.496 e. The molecule has 0 bridgehead atoms. The fraction of sp³-hybridized carbons (Fsp3) is 0.625. The average molecular weight is 283 g/mol. The molecule has 4 heteroatoms. The van der Waals surface area contributed by atoms with Crippen LogP contribution in [0, 0.1) is 5.82 Å². The van der Waals surface area contributed by atoms with Crippen molar-refractivity contribution < 1.29 is 13.9 Å². The van der Waals surface area contributed by atoms with E-state index in [9.17, 15) is 4.39 Å². The number of hydrogen-bond donors (Lipinski definition) is 1. The first-order chi connectivity index (χ1) is 9.58. The van der Waals surface area contributed by atoms with Gasteiger partial charge < -0.3 is 14.8 Å². The summed E-state index contributed by atoms with van der Waals surface area (Å²) in [5, 5.41) is 3.28. The van der Waals surface area contributed by atoms with Gasteiger partial charge >= 0.3 is 0 Å². The molecule has 20 heavy (non-hydrogen) atoms. The van der Waals surface area contributed by atoms with Crippen molar-refractivity contribution in [1.82, 2.24) is 5.32 Å². The number of nitrogens with one attached hydrogen (secondary N) is 1. The average Bonchev–Trinajstić information content (AvgIpc) is 2.47. The molecule has 1 rings (SSSR count). The Labute approximate surface area is 121 Å². The maximum absolute atomic E-state index is 13.6. The lowest BCUT2D eigenvalue weighted by molar-refractivity contribution is -0.0722. The van der Waals surface area contributed by atoms with Crippen molar-refractivity contribution in [2.24, 2.45) is 0 Å². The summed E-state index contributed by atoms with van der Waals surface area (Å²) in [4.78, 5) is 0. The summed E-state index contributed by atoms with van der Waals surface area (Å²) < 4.78 is 25.1. The van der Waals surface area contributed by atoms with Crippen LogP contribution in [0.15, 0.2) is 18.2 Å². The molecule has 114 valence electrons. The van der Waals surface area contributed by atoms with E-state index in [1.165, 1.54) is 12.1 Å². The Bertz CT molecular complexity index is 419. The van der Waals surface area contributed by atoms with Gasteiger partial charge in [-0.3, -0.25) is 0 Å². The second kappa shape index (κ2) is 7.60. The molecule has 0 aromatic heterocycles. The Morgan fingerprint density at radius 1 is 1.25 bits per heavy atom. The first-order valence-corrected chi connectivity index (χ1v) is 7.23. The Morgan fingerprint density at radius 3 is 2.35 bits per heavy atom. The number of benzene rings is 1. The molecule has 1 aromatic carbocycles. The molecule has 1 aromatic rings. The van der Waals surface area contributed by atoms with Crippen molar-refractivity contribution >= 4 is 0 Å². The molecule has 0 amide bonds. The lowest BCUT2D eigenvalue weighted by atomic mass is 9.83. The molecule has 0 saturated heterocycles. The van der Waals surface area contributed by atoms with Crippen LogP contribution in [0.25, 0.3) is 0 Å². The van der Waals surface area contributed by atoms with Crippen LogP contribution in [0.5, 0.6) is 5.75 Å². The van der Waals surface area contributed by atoms with Crippen molar-refractivity contribution in [3.05, 3.63) is 29.6 Å². The van der Waals surface area contributed by atoms with E-state index in [0.717, 1.165) is 18.4 Å². The summed E-state index contributed by atoms with van der Waals surface area (Å²) in [6.07, 6.45) is 1.67. The lowest BCUT2D eigenvalue weighted by Crippen LogP contribution is -2.44. The molecule has 0 spiro atoms. The smallest absolute Gasteiger partial charge is 0.123 e. The predicted molar refractivity (Wildman–Crippen MR) is 79.7 cm³/mol. The number of halogens is 1. The van der Waals surface area contributed by atoms with Crippen LogP contribution in [-0.4, -0.2) is 26.4 Å². The molecule has 0 fully saturated rings. The van der Waals surface area contributed by atoms with E-state index in [1.807, 2.05) is 14.0 Å². The van der Waals surface area contributed by atoms with E-state index < -0.39 is 0 Å². The highest BCUT2D eigenvalue weighted by molar-refractivity contribution is 5.38. The molecule has 0 radical (unpaired) electrons. The normalized spacial score (nSPS) is 13.3. The monoisotopic (exact) mass is 283 g/mol. The number of likely N-dealkylation sites (N-methyl/N-ethyl adjacent to an activating group) is 1. The Kier molecular flexibility index (Phi) is 6.43. The fourth-order valence-corrected chi connectivity index (χ4v) is 2.87.